The van der Waals surface area contributed by atoms with E-state index in [1.807, 2.05) is 12.1 Å². The lowest BCUT2D eigenvalue weighted by Gasteiger charge is -2.07. The monoisotopic (exact) mass is 375 g/mol. The fraction of sp³-hybridized carbons (Fsp3) is 0.143. The van der Waals surface area contributed by atoms with Crippen LogP contribution in [0.3, 0.4) is 0 Å². The van der Waals surface area contributed by atoms with Crippen molar-refractivity contribution >= 4 is 26.0 Å². The number of benzene rings is 2. The van der Waals surface area contributed by atoms with Gasteiger partial charge in [-0.25, -0.2) is 21.9 Å². The number of alkyl halides is 1. The van der Waals surface area contributed by atoms with Crippen molar-refractivity contribution in [2.24, 2.45) is 0 Å². The molecule has 0 saturated heterocycles. The van der Waals surface area contributed by atoms with Crippen LogP contribution in [0.5, 0.6) is 0 Å². The van der Waals surface area contributed by atoms with Crippen LogP contribution in [-0.4, -0.2) is 8.42 Å². The third-order valence-electron chi connectivity index (χ3n) is 2.84. The second-order valence-corrected chi connectivity index (χ2v) is 6.68. The van der Waals surface area contributed by atoms with Gasteiger partial charge in [0.05, 0.1) is 4.90 Å². The molecule has 0 atom stereocenters. The maximum atomic E-state index is 13.1. The Balaban J connectivity index is 2.11. The standard InChI is InChI=1S/C14H12BrF2NO2S/c15-8-10-1-3-11(4-2-10)9-18-21(19,20)12-5-6-13(16)14(17)7-12/h1-7,18H,8-9H2. The van der Waals surface area contributed by atoms with Gasteiger partial charge >= 0.3 is 0 Å². The van der Waals surface area contributed by atoms with Gasteiger partial charge in [-0.15, -0.1) is 0 Å². The molecule has 2 aromatic carbocycles. The highest BCUT2D eigenvalue weighted by Gasteiger charge is 2.16. The minimum Gasteiger partial charge on any atom is -0.207 e. The molecule has 21 heavy (non-hydrogen) atoms. The van der Waals surface area contributed by atoms with Crippen LogP contribution in [0.25, 0.3) is 0 Å². The molecule has 0 aliphatic heterocycles. The van der Waals surface area contributed by atoms with Gasteiger partial charge in [0.2, 0.25) is 10.0 Å². The van der Waals surface area contributed by atoms with Gasteiger partial charge in [-0.05, 0) is 29.3 Å². The quantitative estimate of drug-likeness (QED) is 0.814. The van der Waals surface area contributed by atoms with Gasteiger partial charge in [0.25, 0.3) is 0 Å². The second kappa shape index (κ2) is 6.64. The van der Waals surface area contributed by atoms with Crippen LogP contribution < -0.4 is 4.72 Å². The summed E-state index contributed by atoms with van der Waals surface area (Å²) in [5.41, 5.74) is 1.84. The molecule has 0 bridgehead atoms. The smallest absolute Gasteiger partial charge is 0.207 e. The molecule has 3 nitrogen and oxygen atoms in total. The van der Waals surface area contributed by atoms with Crippen molar-refractivity contribution in [2.45, 2.75) is 16.8 Å². The van der Waals surface area contributed by atoms with E-state index >= 15 is 0 Å². The number of rotatable bonds is 5. The summed E-state index contributed by atoms with van der Waals surface area (Å²) in [6.45, 7) is 0.0733. The first-order valence-corrected chi connectivity index (χ1v) is 8.61. The lowest BCUT2D eigenvalue weighted by molar-refractivity contribution is 0.504. The van der Waals surface area contributed by atoms with E-state index < -0.39 is 21.7 Å². The van der Waals surface area contributed by atoms with Crippen molar-refractivity contribution in [1.82, 2.24) is 4.72 Å². The summed E-state index contributed by atoms with van der Waals surface area (Å²) >= 11 is 3.32. The summed E-state index contributed by atoms with van der Waals surface area (Å²) in [7, 11) is -3.88. The first kappa shape index (κ1) is 16.1. The third kappa shape index (κ3) is 4.09. The first-order valence-electron chi connectivity index (χ1n) is 6.01. The molecular formula is C14H12BrF2NO2S. The fourth-order valence-corrected chi connectivity index (χ4v) is 3.05. The van der Waals surface area contributed by atoms with E-state index in [4.69, 9.17) is 0 Å². The van der Waals surface area contributed by atoms with Gasteiger partial charge in [0.15, 0.2) is 11.6 Å². The molecular weight excluding hydrogens is 364 g/mol. The van der Waals surface area contributed by atoms with Crippen molar-refractivity contribution in [3.8, 4) is 0 Å². The lowest BCUT2D eigenvalue weighted by Crippen LogP contribution is -2.23. The van der Waals surface area contributed by atoms with Gasteiger partial charge in [0, 0.05) is 11.9 Å². The molecule has 0 fully saturated rings. The summed E-state index contributed by atoms with van der Waals surface area (Å²) in [6.07, 6.45) is 0. The van der Waals surface area contributed by atoms with Crippen LogP contribution in [0, 0.1) is 11.6 Å². The van der Waals surface area contributed by atoms with E-state index in [2.05, 4.69) is 20.7 Å². The molecule has 0 aliphatic rings. The molecule has 0 saturated carbocycles. The topological polar surface area (TPSA) is 46.2 Å². The van der Waals surface area contributed by atoms with Gasteiger partial charge in [-0.3, -0.25) is 0 Å². The van der Waals surface area contributed by atoms with E-state index in [0.29, 0.717) is 11.4 Å². The summed E-state index contributed by atoms with van der Waals surface area (Å²) in [5.74, 6) is -2.28. The van der Waals surface area contributed by atoms with Crippen LogP contribution in [0.4, 0.5) is 8.78 Å². The third-order valence-corrected chi connectivity index (χ3v) is 4.89. The van der Waals surface area contributed by atoms with E-state index in [9.17, 15) is 17.2 Å². The highest BCUT2D eigenvalue weighted by Crippen LogP contribution is 2.14. The Morgan fingerprint density at radius 3 is 2.14 bits per heavy atom. The Bertz CT molecular complexity index is 733. The Labute approximate surface area is 130 Å². The van der Waals surface area contributed by atoms with Crippen LogP contribution >= 0.6 is 15.9 Å². The van der Waals surface area contributed by atoms with Crippen LogP contribution in [0.2, 0.25) is 0 Å². The summed E-state index contributed by atoms with van der Waals surface area (Å²) in [4.78, 5) is -0.307. The molecule has 2 aromatic rings. The van der Waals surface area contributed by atoms with Gasteiger partial charge in [-0.2, -0.15) is 0 Å². The maximum Gasteiger partial charge on any atom is 0.240 e. The first-order chi connectivity index (χ1) is 9.92. The molecule has 1 N–H and O–H groups in total. The second-order valence-electron chi connectivity index (χ2n) is 4.35. The SMILES string of the molecule is O=S(=O)(NCc1ccc(CBr)cc1)c1ccc(F)c(F)c1. The molecule has 0 aromatic heterocycles. The molecule has 0 unspecified atom stereocenters. The number of sulfonamides is 1. The molecule has 2 rings (SSSR count). The zero-order valence-corrected chi connectivity index (χ0v) is 13.2. The Morgan fingerprint density at radius 1 is 0.952 bits per heavy atom. The normalized spacial score (nSPS) is 11.6. The Kier molecular flexibility index (Phi) is 5.08. The summed E-state index contributed by atoms with van der Waals surface area (Å²) in [6, 6.07) is 9.80. The number of nitrogens with one attached hydrogen (secondary N) is 1. The summed E-state index contributed by atoms with van der Waals surface area (Å²) in [5, 5.41) is 0.716. The Morgan fingerprint density at radius 2 is 1.57 bits per heavy atom. The van der Waals surface area contributed by atoms with Crippen LogP contribution in [0.15, 0.2) is 47.4 Å². The zero-order valence-electron chi connectivity index (χ0n) is 10.8. The maximum absolute atomic E-state index is 13.1. The molecule has 0 aliphatic carbocycles. The minimum absolute atomic E-state index is 0.0733. The highest BCUT2D eigenvalue weighted by atomic mass is 79.9. The zero-order chi connectivity index (χ0) is 15.5. The van der Waals surface area contributed by atoms with Gasteiger partial charge < -0.3 is 0 Å². The Hall–Kier alpha value is -1.31. The van der Waals surface area contributed by atoms with Crippen molar-refractivity contribution in [2.75, 3.05) is 0 Å². The molecule has 0 amide bonds. The largest absolute Gasteiger partial charge is 0.240 e. The van der Waals surface area contributed by atoms with Crippen molar-refractivity contribution in [3.05, 3.63) is 65.2 Å². The average molecular weight is 376 g/mol. The lowest BCUT2D eigenvalue weighted by atomic mass is 10.2. The molecule has 0 radical (unpaired) electrons. The predicted octanol–water partition coefficient (Wildman–Crippen LogP) is 3.34. The van der Waals surface area contributed by atoms with Crippen LogP contribution in [0.1, 0.15) is 11.1 Å². The van der Waals surface area contributed by atoms with Gasteiger partial charge in [0.1, 0.15) is 0 Å². The van der Waals surface area contributed by atoms with Crippen molar-refractivity contribution < 1.29 is 17.2 Å². The minimum atomic E-state index is -3.88. The van der Waals surface area contributed by atoms with Gasteiger partial charge in [-0.1, -0.05) is 40.2 Å². The molecule has 112 valence electrons. The van der Waals surface area contributed by atoms with Crippen molar-refractivity contribution in [1.29, 1.82) is 0 Å². The molecule has 7 heteroatoms. The van der Waals surface area contributed by atoms with E-state index in [-0.39, 0.29) is 11.4 Å². The van der Waals surface area contributed by atoms with Crippen molar-refractivity contribution in [3.63, 3.8) is 0 Å². The molecule has 0 heterocycles. The number of hydrogen-bond acceptors (Lipinski definition) is 2. The number of halogens is 3. The highest BCUT2D eigenvalue weighted by molar-refractivity contribution is 9.08. The predicted molar refractivity (Wildman–Crippen MR) is 79.5 cm³/mol. The van der Waals surface area contributed by atoms with E-state index in [1.54, 1.807) is 12.1 Å². The molecule has 0 spiro atoms. The van der Waals surface area contributed by atoms with E-state index in [0.717, 1.165) is 23.3 Å². The van der Waals surface area contributed by atoms with Crippen LogP contribution in [-0.2, 0) is 21.9 Å². The van der Waals surface area contributed by atoms with E-state index in [1.165, 1.54) is 0 Å². The number of hydrogen-bond donors (Lipinski definition) is 1. The average Bonchev–Trinajstić information content (AvgIpc) is 2.48. The summed E-state index contributed by atoms with van der Waals surface area (Å²) < 4.78 is 52.2. The fourth-order valence-electron chi connectivity index (χ4n) is 1.65.